The summed E-state index contributed by atoms with van der Waals surface area (Å²) in [5, 5.41) is 0.695. The van der Waals surface area contributed by atoms with Crippen LogP contribution in [0.25, 0.3) is 0 Å². The highest BCUT2D eigenvalue weighted by Gasteiger charge is 2.28. The van der Waals surface area contributed by atoms with Crippen LogP contribution in [-0.4, -0.2) is 54.7 Å². The lowest BCUT2D eigenvalue weighted by Crippen LogP contribution is -2.48. The molecule has 0 aromatic heterocycles. The van der Waals surface area contributed by atoms with Crippen LogP contribution in [0.2, 0.25) is 5.02 Å². The molecule has 0 N–H and O–H groups in total. The minimum atomic E-state index is -4.42. The number of amides is 1. The van der Waals surface area contributed by atoms with Crippen molar-refractivity contribution < 1.29 is 22.7 Å². The Balaban J connectivity index is 1.54. The van der Waals surface area contributed by atoms with Gasteiger partial charge in [0, 0.05) is 43.3 Å². The molecule has 1 aliphatic rings. The number of halogens is 4. The number of ether oxygens (including phenoxy) is 1. The highest BCUT2D eigenvalue weighted by Crippen LogP contribution is 2.21. The fourth-order valence-corrected chi connectivity index (χ4v) is 3.15. The highest BCUT2D eigenvalue weighted by molar-refractivity contribution is 6.30. The van der Waals surface area contributed by atoms with Gasteiger partial charge in [0.1, 0.15) is 5.75 Å². The first-order valence-corrected chi connectivity index (χ1v) is 9.24. The average Bonchev–Trinajstić information content (AvgIpc) is 2.68. The second kappa shape index (κ2) is 8.84. The largest absolute Gasteiger partial charge is 0.484 e. The zero-order chi connectivity index (χ0) is 20.1. The Morgan fingerprint density at radius 1 is 1.04 bits per heavy atom. The summed E-state index contributed by atoms with van der Waals surface area (Å²) in [5.74, 6) is -0.173. The van der Waals surface area contributed by atoms with Crippen molar-refractivity contribution in [3.8, 4) is 5.75 Å². The minimum absolute atomic E-state index is 0.0320. The van der Waals surface area contributed by atoms with E-state index in [0.29, 0.717) is 23.7 Å². The summed E-state index contributed by atoms with van der Waals surface area (Å²) < 4.78 is 41.6. The Hall–Kier alpha value is -2.25. The quantitative estimate of drug-likeness (QED) is 0.736. The number of rotatable bonds is 5. The molecule has 2 aromatic rings. The van der Waals surface area contributed by atoms with Gasteiger partial charge >= 0.3 is 6.18 Å². The third kappa shape index (κ3) is 5.87. The van der Waals surface area contributed by atoms with E-state index in [0.717, 1.165) is 25.2 Å². The molecule has 3 rings (SSSR count). The van der Waals surface area contributed by atoms with Crippen molar-refractivity contribution in [2.45, 2.75) is 12.7 Å². The van der Waals surface area contributed by atoms with Crippen molar-refractivity contribution in [1.29, 1.82) is 0 Å². The van der Waals surface area contributed by atoms with E-state index in [4.69, 9.17) is 16.3 Å². The number of benzene rings is 2. The van der Waals surface area contributed by atoms with Gasteiger partial charge in [0.2, 0.25) is 0 Å². The number of alkyl halides is 3. The number of piperazine rings is 1. The van der Waals surface area contributed by atoms with Gasteiger partial charge < -0.3 is 9.64 Å². The topological polar surface area (TPSA) is 32.8 Å². The molecule has 4 nitrogen and oxygen atoms in total. The molecular formula is C20H20ClF3N2O2. The second-order valence-electron chi connectivity index (χ2n) is 6.63. The molecule has 8 heteroatoms. The number of carbonyl (C=O) groups excluding carboxylic acids is 1. The van der Waals surface area contributed by atoms with E-state index in [1.54, 1.807) is 11.0 Å². The molecule has 150 valence electrons. The lowest BCUT2D eigenvalue weighted by molar-refractivity contribution is -0.153. The average molecular weight is 413 g/mol. The lowest BCUT2D eigenvalue weighted by Gasteiger charge is -2.34. The van der Waals surface area contributed by atoms with Crippen LogP contribution >= 0.6 is 11.6 Å². The van der Waals surface area contributed by atoms with Gasteiger partial charge in [-0.2, -0.15) is 13.2 Å². The lowest BCUT2D eigenvalue weighted by atomic mass is 10.1. The van der Waals surface area contributed by atoms with Crippen molar-refractivity contribution in [2.75, 3.05) is 32.8 Å². The Morgan fingerprint density at radius 2 is 1.71 bits per heavy atom. The molecule has 1 heterocycles. The number of hydrogen-bond acceptors (Lipinski definition) is 3. The molecule has 0 aliphatic carbocycles. The summed E-state index contributed by atoms with van der Waals surface area (Å²) in [6.07, 6.45) is -4.42. The monoisotopic (exact) mass is 412 g/mol. The zero-order valence-electron chi connectivity index (χ0n) is 15.1. The van der Waals surface area contributed by atoms with Crippen LogP contribution < -0.4 is 4.74 Å². The Bertz CT molecular complexity index is 804. The van der Waals surface area contributed by atoms with Crippen molar-refractivity contribution >= 4 is 17.5 Å². The molecular weight excluding hydrogens is 393 g/mol. The van der Waals surface area contributed by atoms with Gasteiger partial charge in [0.25, 0.3) is 5.91 Å². The smallest absolute Gasteiger partial charge is 0.422 e. The van der Waals surface area contributed by atoms with E-state index >= 15 is 0 Å². The van der Waals surface area contributed by atoms with Gasteiger partial charge in [-0.3, -0.25) is 9.69 Å². The maximum atomic E-state index is 12.7. The van der Waals surface area contributed by atoms with Crippen LogP contribution in [0.5, 0.6) is 5.75 Å². The van der Waals surface area contributed by atoms with Crippen molar-refractivity contribution in [2.24, 2.45) is 0 Å². The fourth-order valence-electron chi connectivity index (χ4n) is 3.02. The first-order valence-electron chi connectivity index (χ1n) is 8.86. The van der Waals surface area contributed by atoms with Gasteiger partial charge in [-0.05, 0) is 35.9 Å². The molecule has 1 amide bonds. The van der Waals surface area contributed by atoms with Crippen LogP contribution in [0, 0.1) is 0 Å². The Kier molecular flexibility index (Phi) is 6.46. The van der Waals surface area contributed by atoms with Crippen molar-refractivity contribution in [3.05, 3.63) is 64.7 Å². The summed E-state index contributed by atoms with van der Waals surface area (Å²) in [4.78, 5) is 16.6. The van der Waals surface area contributed by atoms with E-state index in [1.807, 2.05) is 24.3 Å². The molecule has 2 aromatic carbocycles. The second-order valence-corrected chi connectivity index (χ2v) is 7.06. The van der Waals surface area contributed by atoms with E-state index in [2.05, 4.69) is 4.90 Å². The van der Waals surface area contributed by atoms with E-state index in [-0.39, 0.29) is 11.7 Å². The Labute approximate surface area is 166 Å². The van der Waals surface area contributed by atoms with Crippen LogP contribution in [0.3, 0.4) is 0 Å². The predicted octanol–water partition coefficient (Wildman–Crippen LogP) is 4.24. The summed E-state index contributed by atoms with van der Waals surface area (Å²) in [5.41, 5.74) is 1.48. The molecule has 0 saturated carbocycles. The minimum Gasteiger partial charge on any atom is -0.484 e. The van der Waals surface area contributed by atoms with Crippen molar-refractivity contribution in [3.63, 3.8) is 0 Å². The molecule has 0 radical (unpaired) electrons. The molecule has 0 spiro atoms. The third-order valence-corrected chi connectivity index (χ3v) is 4.71. The summed E-state index contributed by atoms with van der Waals surface area (Å²) in [7, 11) is 0. The van der Waals surface area contributed by atoms with Crippen LogP contribution in [0.15, 0.2) is 48.5 Å². The summed E-state index contributed by atoms with van der Waals surface area (Å²) in [6.45, 7) is 1.95. The normalized spacial score (nSPS) is 15.5. The van der Waals surface area contributed by atoms with Crippen LogP contribution in [0.1, 0.15) is 15.9 Å². The van der Waals surface area contributed by atoms with Gasteiger partial charge in [-0.15, -0.1) is 0 Å². The van der Waals surface area contributed by atoms with E-state index < -0.39 is 12.8 Å². The van der Waals surface area contributed by atoms with Crippen molar-refractivity contribution in [1.82, 2.24) is 9.80 Å². The standard InChI is InChI=1S/C20H20ClF3N2O2/c21-17-6-4-15(5-7-17)13-25-8-10-26(11-9-25)19(27)16-2-1-3-18(12-16)28-14-20(22,23)24/h1-7,12H,8-11,13-14H2. The molecule has 1 aliphatic heterocycles. The maximum Gasteiger partial charge on any atom is 0.422 e. The fraction of sp³-hybridized carbons (Fsp3) is 0.350. The van der Waals surface area contributed by atoms with Crippen LogP contribution in [-0.2, 0) is 6.54 Å². The summed E-state index contributed by atoms with van der Waals surface area (Å²) in [6, 6.07) is 13.5. The SMILES string of the molecule is O=C(c1cccc(OCC(F)(F)F)c1)N1CCN(Cc2ccc(Cl)cc2)CC1. The van der Waals surface area contributed by atoms with E-state index in [9.17, 15) is 18.0 Å². The third-order valence-electron chi connectivity index (χ3n) is 4.46. The van der Waals surface area contributed by atoms with Gasteiger partial charge in [0.05, 0.1) is 0 Å². The molecule has 0 atom stereocenters. The number of carbonyl (C=O) groups is 1. The Morgan fingerprint density at radius 3 is 2.36 bits per heavy atom. The number of hydrogen-bond donors (Lipinski definition) is 0. The summed E-state index contributed by atoms with van der Waals surface area (Å²) >= 11 is 5.90. The maximum absolute atomic E-state index is 12.7. The zero-order valence-corrected chi connectivity index (χ0v) is 15.8. The van der Waals surface area contributed by atoms with E-state index in [1.165, 1.54) is 18.2 Å². The number of nitrogens with zero attached hydrogens (tertiary/aromatic N) is 2. The van der Waals surface area contributed by atoms with Gasteiger partial charge in [0.15, 0.2) is 6.61 Å². The van der Waals surface area contributed by atoms with Crippen LogP contribution in [0.4, 0.5) is 13.2 Å². The molecule has 0 unspecified atom stereocenters. The molecule has 0 bridgehead atoms. The van der Waals surface area contributed by atoms with Gasteiger partial charge in [-0.25, -0.2) is 0 Å². The molecule has 1 fully saturated rings. The molecule has 28 heavy (non-hydrogen) atoms. The highest BCUT2D eigenvalue weighted by atomic mass is 35.5. The van der Waals surface area contributed by atoms with Gasteiger partial charge in [-0.1, -0.05) is 29.8 Å². The first kappa shape index (κ1) is 20.5. The predicted molar refractivity (Wildman–Crippen MR) is 101 cm³/mol. The first-order chi connectivity index (χ1) is 13.3. The molecule has 1 saturated heterocycles.